The van der Waals surface area contributed by atoms with Gasteiger partial charge in [0, 0.05) is 17.4 Å². The topological polar surface area (TPSA) is 86.2 Å². The zero-order valence-electron chi connectivity index (χ0n) is 9.95. The molecule has 3 unspecified atom stereocenters. The predicted molar refractivity (Wildman–Crippen MR) is 69.7 cm³/mol. The first-order chi connectivity index (χ1) is 8.59. The van der Waals surface area contributed by atoms with E-state index in [-0.39, 0.29) is 17.0 Å². The average molecular weight is 268 g/mol. The Morgan fingerprint density at radius 3 is 2.72 bits per heavy atom. The Morgan fingerprint density at radius 2 is 2.06 bits per heavy atom. The molecule has 6 heteroatoms. The molecule has 0 amide bonds. The molecule has 5 nitrogen and oxygen atoms in total. The van der Waals surface area contributed by atoms with E-state index >= 15 is 0 Å². The molecule has 98 valence electrons. The maximum atomic E-state index is 12.4. The molecule has 1 fully saturated rings. The summed E-state index contributed by atoms with van der Waals surface area (Å²) < 4.78 is 12.4. The molecule has 1 saturated carbocycles. The normalized spacial score (nSPS) is 25.6. The number of nitrogens with two attached hydrogens (primary N) is 1. The number of nitrogens with zero attached hydrogens (tertiary/aromatic N) is 1. The molecule has 18 heavy (non-hydrogen) atoms. The van der Waals surface area contributed by atoms with Gasteiger partial charge in [0.25, 0.3) is 5.69 Å². The lowest BCUT2D eigenvalue weighted by atomic mass is 9.96. The molecule has 3 atom stereocenters. The average Bonchev–Trinajstić information content (AvgIpc) is 2.38. The SMILES string of the molecule is NC1CCCC(S(=O)c2ccccc2[N+](=O)[O-])C1. The summed E-state index contributed by atoms with van der Waals surface area (Å²) in [5.41, 5.74) is 5.81. The van der Waals surface area contributed by atoms with Crippen molar-refractivity contribution in [2.45, 2.75) is 41.9 Å². The van der Waals surface area contributed by atoms with Gasteiger partial charge in [-0.3, -0.25) is 14.3 Å². The molecule has 0 radical (unpaired) electrons. The van der Waals surface area contributed by atoms with Crippen LogP contribution in [0.4, 0.5) is 5.69 Å². The van der Waals surface area contributed by atoms with Crippen LogP contribution in [0, 0.1) is 10.1 Å². The van der Waals surface area contributed by atoms with Crippen LogP contribution in [-0.4, -0.2) is 20.4 Å². The van der Waals surface area contributed by atoms with Crippen LogP contribution in [0.3, 0.4) is 0 Å². The summed E-state index contributed by atoms with van der Waals surface area (Å²) in [6.07, 6.45) is 3.40. The van der Waals surface area contributed by atoms with Crippen molar-refractivity contribution >= 4 is 16.5 Å². The summed E-state index contributed by atoms with van der Waals surface area (Å²) >= 11 is 0. The van der Waals surface area contributed by atoms with Gasteiger partial charge in [0.1, 0.15) is 4.90 Å². The van der Waals surface area contributed by atoms with Gasteiger partial charge < -0.3 is 5.73 Å². The highest BCUT2D eigenvalue weighted by Crippen LogP contribution is 2.29. The molecule has 1 aromatic carbocycles. The molecule has 0 spiro atoms. The Hall–Kier alpha value is -1.27. The van der Waals surface area contributed by atoms with Crippen LogP contribution in [0.25, 0.3) is 0 Å². The van der Waals surface area contributed by atoms with E-state index in [0.717, 1.165) is 19.3 Å². The van der Waals surface area contributed by atoms with Crippen LogP contribution >= 0.6 is 0 Å². The minimum absolute atomic E-state index is 0.0602. The van der Waals surface area contributed by atoms with Gasteiger partial charge in [0.15, 0.2) is 0 Å². The molecular formula is C12H16N2O3S. The summed E-state index contributed by atoms with van der Waals surface area (Å²) in [6, 6.07) is 6.31. The molecule has 1 aromatic rings. The Kier molecular flexibility index (Phi) is 4.08. The van der Waals surface area contributed by atoms with Crippen molar-refractivity contribution in [1.82, 2.24) is 0 Å². The lowest BCUT2D eigenvalue weighted by Crippen LogP contribution is -2.33. The number of para-hydroxylation sites is 1. The summed E-state index contributed by atoms with van der Waals surface area (Å²) in [5.74, 6) is 0. The van der Waals surface area contributed by atoms with Crippen LogP contribution in [0.2, 0.25) is 0 Å². The molecule has 2 N–H and O–H groups in total. The first kappa shape index (κ1) is 13.2. The molecule has 0 saturated heterocycles. The predicted octanol–water partition coefficient (Wildman–Crippen LogP) is 1.97. The van der Waals surface area contributed by atoms with E-state index in [1.807, 2.05) is 0 Å². The first-order valence-corrected chi connectivity index (χ1v) is 7.20. The van der Waals surface area contributed by atoms with Gasteiger partial charge in [-0.15, -0.1) is 0 Å². The minimum atomic E-state index is -1.34. The fourth-order valence-electron chi connectivity index (χ4n) is 2.33. The van der Waals surface area contributed by atoms with Gasteiger partial charge in [-0.1, -0.05) is 18.6 Å². The van der Waals surface area contributed by atoms with E-state index in [1.165, 1.54) is 6.07 Å². The quantitative estimate of drug-likeness (QED) is 0.670. The summed E-state index contributed by atoms with van der Waals surface area (Å²) in [4.78, 5) is 10.8. The highest BCUT2D eigenvalue weighted by Gasteiger charge is 2.28. The van der Waals surface area contributed by atoms with Gasteiger partial charge >= 0.3 is 0 Å². The minimum Gasteiger partial charge on any atom is -0.328 e. The molecule has 0 aliphatic heterocycles. The fraction of sp³-hybridized carbons (Fsp3) is 0.500. The zero-order chi connectivity index (χ0) is 13.1. The highest BCUT2D eigenvalue weighted by atomic mass is 32.2. The van der Waals surface area contributed by atoms with E-state index in [9.17, 15) is 14.3 Å². The monoisotopic (exact) mass is 268 g/mol. The number of benzene rings is 1. The standard InChI is InChI=1S/C12H16N2O3S/c13-9-4-3-5-10(8-9)18(17)12-7-2-1-6-11(12)14(15)16/h1-2,6-7,9-10H,3-5,8,13H2. The molecule has 1 aliphatic carbocycles. The second kappa shape index (κ2) is 5.58. The third kappa shape index (κ3) is 2.76. The smallest absolute Gasteiger partial charge is 0.285 e. The van der Waals surface area contributed by atoms with Gasteiger partial charge in [0.05, 0.1) is 15.7 Å². The highest BCUT2D eigenvalue weighted by molar-refractivity contribution is 7.85. The van der Waals surface area contributed by atoms with Crippen molar-refractivity contribution in [3.63, 3.8) is 0 Å². The van der Waals surface area contributed by atoms with Crippen molar-refractivity contribution < 1.29 is 9.13 Å². The lowest BCUT2D eigenvalue weighted by Gasteiger charge is -2.25. The number of nitro benzene ring substituents is 1. The zero-order valence-corrected chi connectivity index (χ0v) is 10.8. The van der Waals surface area contributed by atoms with Crippen LogP contribution in [0.1, 0.15) is 25.7 Å². The van der Waals surface area contributed by atoms with E-state index in [0.29, 0.717) is 11.3 Å². The maximum Gasteiger partial charge on any atom is 0.285 e. The Morgan fingerprint density at radius 1 is 1.33 bits per heavy atom. The van der Waals surface area contributed by atoms with E-state index in [1.54, 1.807) is 18.2 Å². The third-order valence-corrected chi connectivity index (χ3v) is 5.06. The van der Waals surface area contributed by atoms with E-state index in [2.05, 4.69) is 0 Å². The molecular weight excluding hydrogens is 252 g/mol. The maximum absolute atomic E-state index is 12.4. The number of rotatable bonds is 3. The van der Waals surface area contributed by atoms with Gasteiger partial charge in [-0.2, -0.15) is 0 Å². The van der Waals surface area contributed by atoms with Gasteiger partial charge in [0.2, 0.25) is 0 Å². The number of nitro groups is 1. The molecule has 0 bridgehead atoms. The Labute approximate surface area is 108 Å². The third-order valence-electron chi connectivity index (χ3n) is 3.25. The van der Waals surface area contributed by atoms with Crippen LogP contribution in [0.5, 0.6) is 0 Å². The van der Waals surface area contributed by atoms with Crippen molar-refractivity contribution in [2.24, 2.45) is 5.73 Å². The first-order valence-electron chi connectivity index (χ1n) is 5.99. The second-order valence-corrected chi connectivity index (χ2v) is 6.27. The molecule has 0 aromatic heterocycles. The Balaban J connectivity index is 2.25. The van der Waals surface area contributed by atoms with E-state index < -0.39 is 15.7 Å². The van der Waals surface area contributed by atoms with Crippen molar-refractivity contribution in [3.8, 4) is 0 Å². The Bertz CT molecular complexity index is 478. The summed E-state index contributed by atoms with van der Waals surface area (Å²) in [6.45, 7) is 0. The molecule has 2 rings (SSSR count). The van der Waals surface area contributed by atoms with Crippen LogP contribution in [-0.2, 0) is 10.8 Å². The van der Waals surface area contributed by atoms with Gasteiger partial charge in [-0.25, -0.2) is 0 Å². The second-order valence-electron chi connectivity index (χ2n) is 4.57. The molecule has 0 heterocycles. The summed E-state index contributed by atoms with van der Waals surface area (Å²) in [5, 5.41) is 10.9. The number of hydrogen-bond acceptors (Lipinski definition) is 4. The molecule has 1 aliphatic rings. The fourth-order valence-corrected chi connectivity index (χ4v) is 4.06. The lowest BCUT2D eigenvalue weighted by molar-refractivity contribution is -0.387. The van der Waals surface area contributed by atoms with Crippen LogP contribution in [0.15, 0.2) is 29.2 Å². The van der Waals surface area contributed by atoms with Crippen LogP contribution < -0.4 is 5.73 Å². The van der Waals surface area contributed by atoms with Gasteiger partial charge in [-0.05, 0) is 25.3 Å². The van der Waals surface area contributed by atoms with Crippen molar-refractivity contribution in [2.75, 3.05) is 0 Å². The van der Waals surface area contributed by atoms with E-state index in [4.69, 9.17) is 5.73 Å². The van der Waals surface area contributed by atoms with Crippen molar-refractivity contribution in [3.05, 3.63) is 34.4 Å². The largest absolute Gasteiger partial charge is 0.328 e. The summed E-state index contributed by atoms with van der Waals surface area (Å²) in [7, 11) is -1.34. The van der Waals surface area contributed by atoms with Crippen molar-refractivity contribution in [1.29, 1.82) is 0 Å². The number of hydrogen-bond donors (Lipinski definition) is 1.